The molecule has 0 unspecified atom stereocenters. The Kier molecular flexibility index (Phi) is 10.5. The number of hydrogen-bond donors (Lipinski definition) is 14. The van der Waals surface area contributed by atoms with Gasteiger partial charge in [0.1, 0.15) is 18.3 Å². The molecule has 1 heterocycles. The number of rotatable bonds is 7. The van der Waals surface area contributed by atoms with Crippen molar-refractivity contribution in [1.29, 1.82) is 0 Å². The third-order valence-corrected chi connectivity index (χ3v) is 8.17. The van der Waals surface area contributed by atoms with Gasteiger partial charge >= 0.3 is 29.8 Å². The summed E-state index contributed by atoms with van der Waals surface area (Å²) in [5.41, 5.74) is -5.93. The van der Waals surface area contributed by atoms with Gasteiger partial charge in [-0.15, -0.1) is 0 Å². The molecule has 0 amide bonds. The molecule has 0 spiro atoms. The van der Waals surface area contributed by atoms with Crippen molar-refractivity contribution < 1.29 is 114 Å². The van der Waals surface area contributed by atoms with Crippen molar-refractivity contribution in [3.8, 4) is 80.1 Å². The highest BCUT2D eigenvalue weighted by molar-refractivity contribution is 6.04. The monoisotopic (exact) mass is 802 g/mol. The smallest absolute Gasteiger partial charge is 0.349 e. The molecule has 23 heteroatoms. The van der Waals surface area contributed by atoms with Gasteiger partial charge in [-0.25, -0.2) is 24.0 Å². The van der Waals surface area contributed by atoms with E-state index in [1.54, 1.807) is 0 Å². The molecular weight excluding hydrogens is 776 g/mol. The maximum atomic E-state index is 13.9. The molecule has 0 saturated heterocycles. The zero-order valence-corrected chi connectivity index (χ0v) is 27.9. The van der Waals surface area contributed by atoms with Gasteiger partial charge in [-0.3, -0.25) is 0 Å². The van der Waals surface area contributed by atoms with Gasteiger partial charge in [-0.2, -0.15) is 0 Å². The number of benzene rings is 4. The lowest BCUT2D eigenvalue weighted by atomic mass is 9.93. The molecule has 300 valence electrons. The van der Waals surface area contributed by atoms with Gasteiger partial charge in [0.15, 0.2) is 69.7 Å². The molecule has 1 aliphatic heterocycles. The van der Waals surface area contributed by atoms with Gasteiger partial charge in [0.25, 0.3) is 0 Å². The molecule has 57 heavy (non-hydrogen) atoms. The van der Waals surface area contributed by atoms with Crippen LogP contribution >= 0.6 is 0 Å². The van der Waals surface area contributed by atoms with E-state index < -0.39 is 163 Å². The van der Waals surface area contributed by atoms with E-state index in [0.29, 0.717) is 36.4 Å². The average molecular weight is 803 g/mol. The van der Waals surface area contributed by atoms with E-state index in [0.717, 1.165) is 0 Å². The summed E-state index contributed by atoms with van der Waals surface area (Å²) >= 11 is 0. The maximum absolute atomic E-state index is 13.9. The van der Waals surface area contributed by atoms with E-state index in [-0.39, 0.29) is 0 Å². The standard InChI is InChI=1S/C34H26O23/c35-13-1-8(2-14(36)22(13)43)31(50)56-28(29(30(48)49)57-32(51)9-3-15(37)23(44)16(38)4-9)27-18(40)7-54-33(52)12-5-10(20(41)26(47)21(12)42)19-11(34(53)55-27)6-17(39)24(45)25(19)46/h1-6,18,27-29,35-47H,7H2,(H,48,49)/t18-,27+,28+,29-/m1/s1. The second kappa shape index (κ2) is 14.9. The van der Waals surface area contributed by atoms with Crippen LogP contribution in [-0.2, 0) is 23.7 Å². The fourth-order valence-corrected chi connectivity index (χ4v) is 5.34. The number of aliphatic hydroxyl groups excluding tert-OH is 1. The van der Waals surface area contributed by atoms with E-state index in [1.807, 2.05) is 0 Å². The molecular formula is C34H26O23. The Balaban J connectivity index is 1.72. The van der Waals surface area contributed by atoms with Crippen molar-refractivity contribution in [2.75, 3.05) is 6.61 Å². The third-order valence-electron chi connectivity index (χ3n) is 8.17. The number of phenolic OH excluding ortho intramolecular Hbond substituents is 12. The van der Waals surface area contributed by atoms with E-state index in [9.17, 15) is 95.5 Å². The summed E-state index contributed by atoms with van der Waals surface area (Å²) in [6.07, 6.45) is -11.2. The Bertz CT molecular complexity index is 2320. The van der Waals surface area contributed by atoms with E-state index in [4.69, 9.17) is 18.9 Å². The van der Waals surface area contributed by atoms with Crippen molar-refractivity contribution in [1.82, 2.24) is 0 Å². The first kappa shape index (κ1) is 40.0. The minimum absolute atomic E-state index is 0.366. The van der Waals surface area contributed by atoms with Crippen molar-refractivity contribution >= 4 is 29.8 Å². The molecule has 0 radical (unpaired) electrons. The number of aliphatic hydroxyl groups is 1. The minimum atomic E-state index is -2.98. The number of phenols is 12. The molecule has 1 aliphatic rings. The van der Waals surface area contributed by atoms with Gasteiger partial charge in [-0.05, 0) is 36.4 Å². The summed E-state index contributed by atoms with van der Waals surface area (Å²) in [5.74, 6) is -24.5. The predicted octanol–water partition coefficient (Wildman–Crippen LogP) is 0.413. The Morgan fingerprint density at radius 3 is 1.54 bits per heavy atom. The van der Waals surface area contributed by atoms with Crippen LogP contribution in [0.4, 0.5) is 0 Å². The number of cyclic esters (lactones) is 2. The van der Waals surface area contributed by atoms with Crippen LogP contribution in [-0.4, -0.2) is 132 Å². The van der Waals surface area contributed by atoms with Gasteiger partial charge in [0.05, 0.1) is 16.7 Å². The normalized spacial score (nSPS) is 16.4. The van der Waals surface area contributed by atoms with Crippen molar-refractivity contribution in [3.63, 3.8) is 0 Å². The van der Waals surface area contributed by atoms with Crippen molar-refractivity contribution in [2.24, 2.45) is 0 Å². The van der Waals surface area contributed by atoms with Gasteiger partial charge < -0.3 is 90.4 Å². The summed E-state index contributed by atoms with van der Waals surface area (Å²) in [5, 5.41) is 144. The highest BCUT2D eigenvalue weighted by Crippen LogP contribution is 2.52. The van der Waals surface area contributed by atoms with E-state index in [1.165, 1.54) is 0 Å². The molecule has 0 aromatic heterocycles. The third kappa shape index (κ3) is 7.35. The number of aliphatic carboxylic acids is 1. The molecule has 4 aromatic carbocycles. The average Bonchev–Trinajstić information content (AvgIpc) is 3.15. The summed E-state index contributed by atoms with van der Waals surface area (Å²) < 4.78 is 20.4. The van der Waals surface area contributed by atoms with Crippen LogP contribution in [0.25, 0.3) is 11.1 Å². The van der Waals surface area contributed by atoms with Crippen LogP contribution in [0.2, 0.25) is 0 Å². The Hall–Kier alpha value is -8.21. The van der Waals surface area contributed by atoms with Gasteiger partial charge in [0.2, 0.25) is 17.6 Å². The van der Waals surface area contributed by atoms with Crippen LogP contribution in [0.5, 0.6) is 69.0 Å². The van der Waals surface area contributed by atoms with Gasteiger partial charge in [0, 0.05) is 11.1 Å². The van der Waals surface area contributed by atoms with E-state index >= 15 is 0 Å². The number of carbonyl (C=O) groups excluding carboxylic acids is 4. The first-order chi connectivity index (χ1) is 26.6. The molecule has 4 atom stereocenters. The lowest BCUT2D eigenvalue weighted by Crippen LogP contribution is -2.54. The molecule has 0 fully saturated rings. The molecule has 0 saturated carbocycles. The molecule has 23 nitrogen and oxygen atoms in total. The zero-order chi connectivity index (χ0) is 42.4. The summed E-state index contributed by atoms with van der Waals surface area (Å²) in [6.45, 7) is -1.42. The van der Waals surface area contributed by atoms with Crippen LogP contribution < -0.4 is 0 Å². The second-order valence-corrected chi connectivity index (χ2v) is 11.8. The zero-order valence-electron chi connectivity index (χ0n) is 27.9. The highest BCUT2D eigenvalue weighted by Gasteiger charge is 2.47. The summed E-state index contributed by atoms with van der Waals surface area (Å²) in [6, 6.07) is 2.80. The van der Waals surface area contributed by atoms with Crippen molar-refractivity contribution in [3.05, 3.63) is 58.7 Å². The molecule has 14 N–H and O–H groups in total. The first-order valence-corrected chi connectivity index (χ1v) is 15.4. The summed E-state index contributed by atoms with van der Waals surface area (Å²) in [7, 11) is 0. The minimum Gasteiger partial charge on any atom is -0.504 e. The number of carbonyl (C=O) groups is 5. The Labute approximate surface area is 314 Å². The Morgan fingerprint density at radius 2 is 1.04 bits per heavy atom. The fourth-order valence-electron chi connectivity index (χ4n) is 5.34. The number of aromatic hydroxyl groups is 12. The summed E-state index contributed by atoms with van der Waals surface area (Å²) in [4.78, 5) is 66.5. The molecule has 4 aromatic rings. The SMILES string of the molecule is O=C(O[C@@H]([C@H]1OC(=O)c2cc(O)c(O)c(O)c2-c2cc(c(O)c(O)c2O)C(=O)OC[C@H]1O)[C@@H](OC(=O)c1cc(O)c(O)c(O)c1)C(=O)O)c1cc(O)c(O)c(O)c1. The number of ether oxygens (including phenoxy) is 4. The van der Waals surface area contributed by atoms with Crippen LogP contribution in [0, 0.1) is 0 Å². The largest absolute Gasteiger partial charge is 0.504 e. The van der Waals surface area contributed by atoms with Gasteiger partial charge in [-0.1, -0.05) is 0 Å². The van der Waals surface area contributed by atoms with Crippen molar-refractivity contribution in [2.45, 2.75) is 24.4 Å². The number of fused-ring (bicyclic) bond motifs is 4. The molecule has 0 aliphatic carbocycles. The maximum Gasteiger partial charge on any atom is 0.349 e. The predicted molar refractivity (Wildman–Crippen MR) is 176 cm³/mol. The first-order valence-electron chi connectivity index (χ1n) is 15.4. The topological polar surface area (TPSA) is 405 Å². The van der Waals surface area contributed by atoms with E-state index in [2.05, 4.69) is 0 Å². The number of hydrogen-bond acceptors (Lipinski definition) is 22. The number of esters is 4. The second-order valence-electron chi connectivity index (χ2n) is 11.8. The van der Waals surface area contributed by atoms with Crippen LogP contribution in [0.3, 0.4) is 0 Å². The molecule has 2 bridgehead atoms. The quantitative estimate of drug-likeness (QED) is 0.0683. The lowest BCUT2D eigenvalue weighted by Gasteiger charge is -2.33. The van der Waals surface area contributed by atoms with Crippen LogP contribution in [0.15, 0.2) is 36.4 Å². The lowest BCUT2D eigenvalue weighted by molar-refractivity contribution is -0.166. The Morgan fingerprint density at radius 1 is 0.561 bits per heavy atom. The van der Waals surface area contributed by atoms with Crippen LogP contribution in [0.1, 0.15) is 41.4 Å². The molecule has 5 rings (SSSR count). The number of carboxylic acids is 1. The fraction of sp³-hybridized carbons (Fsp3) is 0.147. The number of carboxylic acid groups (broad SMARTS) is 1. The highest BCUT2D eigenvalue weighted by atomic mass is 16.6.